The van der Waals surface area contributed by atoms with Crippen LogP contribution >= 0.6 is 11.6 Å². The number of fused-ring (bicyclic) bond motifs is 1. The van der Waals surface area contributed by atoms with Gasteiger partial charge in [0.15, 0.2) is 6.10 Å². The number of aromatic nitrogens is 2. The fourth-order valence-corrected chi connectivity index (χ4v) is 4.34. The SMILES string of the molecule is Cc1cc2cc(-c3cncn3C)ccc2c(-c2ccc(Cl)cc2)c1[C@H](OC(C)(C)C)C(=O)O. The first-order valence-corrected chi connectivity index (χ1v) is 11.1. The molecule has 0 spiro atoms. The second-order valence-electron chi connectivity index (χ2n) is 9.26. The van der Waals surface area contributed by atoms with E-state index in [9.17, 15) is 9.90 Å². The summed E-state index contributed by atoms with van der Waals surface area (Å²) >= 11 is 6.15. The Morgan fingerprint density at radius 2 is 1.76 bits per heavy atom. The zero-order valence-corrected chi connectivity index (χ0v) is 20.1. The number of carboxylic acids is 1. The van der Waals surface area contributed by atoms with Gasteiger partial charge in [-0.2, -0.15) is 0 Å². The number of halogens is 1. The van der Waals surface area contributed by atoms with Crippen molar-refractivity contribution in [3.63, 3.8) is 0 Å². The van der Waals surface area contributed by atoms with Gasteiger partial charge in [-0.3, -0.25) is 0 Å². The summed E-state index contributed by atoms with van der Waals surface area (Å²) in [5, 5.41) is 12.7. The number of carbonyl (C=O) groups is 1. The molecule has 0 aliphatic carbocycles. The molecule has 0 radical (unpaired) electrons. The average Bonchev–Trinajstić information content (AvgIpc) is 3.16. The molecule has 33 heavy (non-hydrogen) atoms. The number of aliphatic carboxylic acids is 1. The molecule has 3 aromatic carbocycles. The summed E-state index contributed by atoms with van der Waals surface area (Å²) in [5.74, 6) is -1.02. The van der Waals surface area contributed by atoms with Crippen LogP contribution in [0.5, 0.6) is 0 Å². The summed E-state index contributed by atoms with van der Waals surface area (Å²) in [6.45, 7) is 7.53. The third kappa shape index (κ3) is 4.65. The number of benzene rings is 3. The lowest BCUT2D eigenvalue weighted by molar-refractivity contribution is -0.160. The monoisotopic (exact) mass is 462 g/mol. The molecule has 1 heterocycles. The molecule has 5 nitrogen and oxygen atoms in total. The molecule has 0 bridgehead atoms. The maximum absolute atomic E-state index is 12.4. The van der Waals surface area contributed by atoms with Crippen LogP contribution in [0.25, 0.3) is 33.2 Å². The molecule has 0 fully saturated rings. The molecule has 0 unspecified atom stereocenters. The summed E-state index contributed by atoms with van der Waals surface area (Å²) in [6, 6.07) is 15.7. The molecular weight excluding hydrogens is 436 g/mol. The van der Waals surface area contributed by atoms with Crippen molar-refractivity contribution in [3.05, 3.63) is 77.2 Å². The van der Waals surface area contributed by atoms with E-state index < -0.39 is 17.7 Å². The second kappa shape index (κ2) is 8.65. The summed E-state index contributed by atoms with van der Waals surface area (Å²) in [7, 11) is 1.96. The van der Waals surface area contributed by atoms with Gasteiger partial charge in [0.1, 0.15) is 0 Å². The number of carboxylic acid groups (broad SMARTS) is 1. The van der Waals surface area contributed by atoms with Crippen molar-refractivity contribution in [2.75, 3.05) is 0 Å². The van der Waals surface area contributed by atoms with Crippen molar-refractivity contribution < 1.29 is 14.6 Å². The van der Waals surface area contributed by atoms with E-state index in [-0.39, 0.29) is 0 Å². The molecule has 170 valence electrons. The van der Waals surface area contributed by atoms with E-state index in [0.717, 1.165) is 38.7 Å². The molecule has 1 N–H and O–H groups in total. The number of ether oxygens (including phenoxy) is 1. The van der Waals surface area contributed by atoms with Gasteiger partial charge >= 0.3 is 5.97 Å². The Balaban J connectivity index is 2.03. The van der Waals surface area contributed by atoms with Gasteiger partial charge in [-0.1, -0.05) is 41.9 Å². The topological polar surface area (TPSA) is 64.4 Å². The summed E-state index contributed by atoms with van der Waals surface area (Å²) < 4.78 is 8.03. The Morgan fingerprint density at radius 1 is 1.09 bits per heavy atom. The zero-order valence-electron chi connectivity index (χ0n) is 19.4. The highest BCUT2D eigenvalue weighted by molar-refractivity contribution is 6.30. The number of imidazole rings is 1. The number of aryl methyl sites for hydroxylation is 2. The lowest BCUT2D eigenvalue weighted by atomic mass is 9.86. The molecule has 1 atom stereocenters. The van der Waals surface area contributed by atoms with Crippen molar-refractivity contribution in [1.29, 1.82) is 0 Å². The van der Waals surface area contributed by atoms with E-state index in [1.54, 1.807) is 6.33 Å². The highest BCUT2D eigenvalue weighted by atomic mass is 35.5. The van der Waals surface area contributed by atoms with E-state index in [4.69, 9.17) is 16.3 Å². The van der Waals surface area contributed by atoms with Crippen LogP contribution in [0.15, 0.2) is 61.1 Å². The highest BCUT2D eigenvalue weighted by Gasteiger charge is 2.31. The smallest absolute Gasteiger partial charge is 0.337 e. The van der Waals surface area contributed by atoms with Gasteiger partial charge in [0, 0.05) is 23.2 Å². The summed E-state index contributed by atoms with van der Waals surface area (Å²) in [4.78, 5) is 16.6. The third-order valence-corrected chi connectivity index (χ3v) is 5.84. The molecule has 4 aromatic rings. The van der Waals surface area contributed by atoms with Gasteiger partial charge in [-0.25, -0.2) is 9.78 Å². The van der Waals surface area contributed by atoms with Gasteiger partial charge in [-0.15, -0.1) is 0 Å². The Kier molecular flexibility index (Phi) is 6.04. The van der Waals surface area contributed by atoms with Crippen molar-refractivity contribution in [3.8, 4) is 22.4 Å². The van der Waals surface area contributed by atoms with Crippen LogP contribution in [0.4, 0.5) is 0 Å². The normalized spacial score (nSPS) is 12.8. The first-order valence-electron chi connectivity index (χ1n) is 10.8. The minimum atomic E-state index is -1.11. The van der Waals surface area contributed by atoms with Crippen LogP contribution in [-0.4, -0.2) is 26.2 Å². The quantitative estimate of drug-likeness (QED) is 0.354. The Labute approximate surface area is 198 Å². The van der Waals surface area contributed by atoms with E-state index in [1.165, 1.54) is 0 Å². The average molecular weight is 463 g/mol. The van der Waals surface area contributed by atoms with Gasteiger partial charge in [-0.05, 0) is 73.4 Å². The molecular formula is C27H27ClN2O3. The maximum atomic E-state index is 12.4. The summed E-state index contributed by atoms with van der Waals surface area (Å²) in [6.07, 6.45) is 2.49. The van der Waals surface area contributed by atoms with E-state index >= 15 is 0 Å². The minimum absolute atomic E-state index is 0.622. The van der Waals surface area contributed by atoms with E-state index in [1.807, 2.05) is 88.0 Å². The van der Waals surface area contributed by atoms with Crippen molar-refractivity contribution in [2.45, 2.75) is 39.4 Å². The highest BCUT2D eigenvalue weighted by Crippen LogP contribution is 2.41. The molecule has 0 amide bonds. The molecule has 6 heteroatoms. The fraction of sp³-hybridized carbons (Fsp3) is 0.259. The minimum Gasteiger partial charge on any atom is -0.479 e. The molecule has 0 aliphatic rings. The van der Waals surface area contributed by atoms with Crippen LogP contribution in [-0.2, 0) is 16.6 Å². The van der Waals surface area contributed by atoms with Crippen LogP contribution in [0.3, 0.4) is 0 Å². The van der Waals surface area contributed by atoms with Gasteiger partial charge < -0.3 is 14.4 Å². The predicted octanol–water partition coefficient (Wildman–Crippen LogP) is 6.81. The van der Waals surface area contributed by atoms with Crippen LogP contribution in [0.1, 0.15) is 38.0 Å². The van der Waals surface area contributed by atoms with E-state index in [0.29, 0.717) is 10.6 Å². The molecule has 0 saturated carbocycles. The standard InChI is InChI=1S/C27H27ClN2O3/c1-16-12-19-13-18(22-14-29-15-30(22)5)8-11-21(19)24(17-6-9-20(28)10-7-17)23(16)25(26(31)32)33-27(2,3)4/h6-15,25H,1-5H3,(H,31,32)/t25-/m0/s1. The largest absolute Gasteiger partial charge is 0.479 e. The van der Waals surface area contributed by atoms with Crippen molar-refractivity contribution in [1.82, 2.24) is 9.55 Å². The number of hydrogen-bond acceptors (Lipinski definition) is 3. The van der Waals surface area contributed by atoms with E-state index in [2.05, 4.69) is 11.1 Å². The van der Waals surface area contributed by atoms with Crippen LogP contribution in [0.2, 0.25) is 5.02 Å². The van der Waals surface area contributed by atoms with Crippen LogP contribution in [0, 0.1) is 6.92 Å². The fourth-order valence-electron chi connectivity index (χ4n) is 4.21. The molecule has 0 aliphatic heterocycles. The Hall–Kier alpha value is -3.15. The van der Waals surface area contributed by atoms with Gasteiger partial charge in [0.05, 0.1) is 23.8 Å². The second-order valence-corrected chi connectivity index (χ2v) is 9.70. The Bertz CT molecular complexity index is 1330. The third-order valence-electron chi connectivity index (χ3n) is 5.59. The van der Waals surface area contributed by atoms with Gasteiger partial charge in [0.25, 0.3) is 0 Å². The predicted molar refractivity (Wildman–Crippen MR) is 133 cm³/mol. The molecule has 4 rings (SSSR count). The first kappa shape index (κ1) is 23.0. The number of hydrogen-bond donors (Lipinski definition) is 1. The first-order chi connectivity index (χ1) is 15.5. The van der Waals surface area contributed by atoms with Crippen molar-refractivity contribution in [2.24, 2.45) is 7.05 Å². The molecule has 1 aromatic heterocycles. The maximum Gasteiger partial charge on any atom is 0.337 e. The lowest BCUT2D eigenvalue weighted by Crippen LogP contribution is -2.28. The molecule has 0 saturated heterocycles. The van der Waals surface area contributed by atoms with Crippen LogP contribution < -0.4 is 0 Å². The number of nitrogens with zero attached hydrogens (tertiary/aromatic N) is 2. The van der Waals surface area contributed by atoms with Gasteiger partial charge in [0.2, 0.25) is 0 Å². The number of rotatable bonds is 5. The zero-order chi connectivity index (χ0) is 23.9. The van der Waals surface area contributed by atoms with Crippen molar-refractivity contribution >= 4 is 28.3 Å². The summed E-state index contributed by atoms with van der Waals surface area (Å²) in [5.41, 5.74) is 4.65. The Morgan fingerprint density at radius 3 is 2.33 bits per heavy atom. The lowest BCUT2D eigenvalue weighted by Gasteiger charge is -2.28.